The molecule has 0 aromatic rings. The maximum atomic E-state index is 12.8. The van der Waals surface area contributed by atoms with Crippen molar-refractivity contribution in [2.75, 3.05) is 39.8 Å². The Morgan fingerprint density at radius 1 is 0.517 bits per heavy atom. The van der Waals surface area contributed by atoms with Crippen LogP contribution in [0.25, 0.3) is 0 Å². The second-order valence-electron chi connectivity index (χ2n) is 16.9. The molecule has 9 heteroatoms. The van der Waals surface area contributed by atoms with E-state index in [-0.39, 0.29) is 18.0 Å². The number of carbonyl (C=O) groups is 4. The molecule has 9 nitrogen and oxygen atoms in total. The number of hydrogen-bond donors (Lipinski definition) is 1. The first kappa shape index (κ1) is 55.6. The Morgan fingerprint density at radius 3 is 1.47 bits per heavy atom. The van der Waals surface area contributed by atoms with E-state index in [9.17, 15) is 19.2 Å². The van der Waals surface area contributed by atoms with Crippen LogP contribution < -0.4 is 5.32 Å². The molecule has 0 fully saturated rings. The fraction of sp³-hybridized carbons (Fsp3) is 0.878. The third-order valence-corrected chi connectivity index (χ3v) is 11.2. The van der Waals surface area contributed by atoms with Crippen molar-refractivity contribution < 1.29 is 28.7 Å². The van der Waals surface area contributed by atoms with E-state index in [1.807, 2.05) is 11.9 Å². The molecule has 0 spiro atoms. The van der Waals surface area contributed by atoms with Crippen LogP contribution in [0.2, 0.25) is 0 Å². The molecule has 2 amide bonds. The van der Waals surface area contributed by atoms with Gasteiger partial charge in [0.15, 0.2) is 0 Å². The molecular formula is C49H93N3O6. The molecule has 0 heterocycles. The van der Waals surface area contributed by atoms with Gasteiger partial charge in [0.25, 0.3) is 5.91 Å². The minimum atomic E-state index is -0.415. The Kier molecular flexibility index (Phi) is 42.3. The lowest BCUT2D eigenvalue weighted by molar-refractivity contribution is -0.150. The minimum absolute atomic E-state index is 0.000696. The number of unbranched alkanes of at least 4 members (excludes halogenated alkanes) is 23. The zero-order valence-electron chi connectivity index (χ0n) is 38.5. The van der Waals surface area contributed by atoms with Crippen molar-refractivity contribution in [3.05, 3.63) is 12.3 Å². The molecule has 0 atom stereocenters. The summed E-state index contributed by atoms with van der Waals surface area (Å²) >= 11 is 0. The molecule has 0 aromatic carbocycles. The Morgan fingerprint density at radius 2 is 0.948 bits per heavy atom. The first-order valence-corrected chi connectivity index (χ1v) is 24.6. The van der Waals surface area contributed by atoms with E-state index in [1.54, 1.807) is 6.20 Å². The van der Waals surface area contributed by atoms with Crippen molar-refractivity contribution >= 4 is 24.3 Å². The summed E-state index contributed by atoms with van der Waals surface area (Å²) in [7, 11) is 1.95. The number of nitrogens with zero attached hydrogens (tertiary/aromatic N) is 2. The molecule has 0 unspecified atom stereocenters. The SMILES string of the molecule is CCCCCCCCOC(=O)CCCCCCCN(CCCCCCCC(=O)OC(CCCCCCCC)CCCCCCCC)CCCN(C)/C=C\C(=O)NC=O. The zero-order valence-corrected chi connectivity index (χ0v) is 38.5. The highest BCUT2D eigenvalue weighted by Gasteiger charge is 2.14. The van der Waals surface area contributed by atoms with Crippen LogP contribution in [0.5, 0.6) is 0 Å². The number of esters is 2. The van der Waals surface area contributed by atoms with Gasteiger partial charge in [0.05, 0.1) is 6.61 Å². The molecule has 58 heavy (non-hydrogen) atoms. The Hall–Kier alpha value is -2.42. The predicted molar refractivity (Wildman–Crippen MR) is 243 cm³/mol. The van der Waals surface area contributed by atoms with Gasteiger partial charge in [-0.2, -0.15) is 0 Å². The van der Waals surface area contributed by atoms with Gasteiger partial charge in [-0.3, -0.25) is 24.5 Å². The van der Waals surface area contributed by atoms with E-state index in [2.05, 4.69) is 31.0 Å². The summed E-state index contributed by atoms with van der Waals surface area (Å²) < 4.78 is 11.5. The molecule has 0 saturated carbocycles. The molecule has 340 valence electrons. The van der Waals surface area contributed by atoms with Crippen molar-refractivity contribution in [1.82, 2.24) is 15.1 Å². The Balaban J connectivity index is 4.53. The molecule has 0 rings (SSSR count). The normalized spacial score (nSPS) is 11.5. The average Bonchev–Trinajstić information content (AvgIpc) is 3.21. The summed E-state index contributed by atoms with van der Waals surface area (Å²) in [6.07, 6.45) is 40.9. The predicted octanol–water partition coefficient (Wildman–Crippen LogP) is 12.4. The second kappa shape index (κ2) is 44.1. The highest BCUT2D eigenvalue weighted by Crippen LogP contribution is 2.19. The zero-order chi connectivity index (χ0) is 42.6. The van der Waals surface area contributed by atoms with Gasteiger partial charge in [-0.05, 0) is 83.8 Å². The number of imide groups is 1. The molecular weight excluding hydrogens is 727 g/mol. The van der Waals surface area contributed by atoms with Gasteiger partial charge in [0.2, 0.25) is 6.41 Å². The van der Waals surface area contributed by atoms with Gasteiger partial charge in [0, 0.05) is 38.7 Å². The number of hydrogen-bond acceptors (Lipinski definition) is 8. The third kappa shape index (κ3) is 40.4. The first-order valence-electron chi connectivity index (χ1n) is 24.6. The third-order valence-electron chi connectivity index (χ3n) is 11.2. The van der Waals surface area contributed by atoms with Crippen LogP contribution in [-0.4, -0.2) is 80.0 Å². The number of nitrogens with one attached hydrogen (secondary N) is 1. The van der Waals surface area contributed by atoms with Crippen LogP contribution in [0.3, 0.4) is 0 Å². The lowest BCUT2D eigenvalue weighted by Gasteiger charge is -2.24. The van der Waals surface area contributed by atoms with Crippen LogP contribution in [-0.2, 0) is 28.7 Å². The summed E-state index contributed by atoms with van der Waals surface area (Å²) in [6, 6.07) is 0. The maximum absolute atomic E-state index is 12.8. The van der Waals surface area contributed by atoms with Gasteiger partial charge in [0.1, 0.15) is 6.10 Å². The van der Waals surface area contributed by atoms with Gasteiger partial charge >= 0.3 is 11.9 Å². The fourth-order valence-electron chi connectivity index (χ4n) is 7.48. The number of amides is 2. The highest BCUT2D eigenvalue weighted by molar-refractivity contribution is 5.94. The Labute approximate surface area is 358 Å². The maximum Gasteiger partial charge on any atom is 0.306 e. The van der Waals surface area contributed by atoms with Gasteiger partial charge < -0.3 is 19.3 Å². The van der Waals surface area contributed by atoms with Crippen LogP contribution >= 0.6 is 0 Å². The minimum Gasteiger partial charge on any atom is -0.466 e. The highest BCUT2D eigenvalue weighted by atomic mass is 16.5. The van der Waals surface area contributed by atoms with E-state index in [0.29, 0.717) is 25.9 Å². The first-order chi connectivity index (χ1) is 28.4. The van der Waals surface area contributed by atoms with Crippen molar-refractivity contribution in [2.45, 2.75) is 239 Å². The molecule has 1 N–H and O–H groups in total. The van der Waals surface area contributed by atoms with Crippen LogP contribution in [0.1, 0.15) is 233 Å². The molecule has 0 aromatic heterocycles. The Bertz CT molecular complexity index is 960. The summed E-state index contributed by atoms with van der Waals surface area (Å²) in [5.74, 6) is -0.461. The molecule has 0 aliphatic heterocycles. The summed E-state index contributed by atoms with van der Waals surface area (Å²) in [5, 5.41) is 2.13. The van der Waals surface area contributed by atoms with Crippen molar-refractivity contribution in [3.8, 4) is 0 Å². The summed E-state index contributed by atoms with van der Waals surface area (Å²) in [5.41, 5.74) is 0. The summed E-state index contributed by atoms with van der Waals surface area (Å²) in [4.78, 5) is 51.6. The van der Waals surface area contributed by atoms with Crippen molar-refractivity contribution in [2.24, 2.45) is 0 Å². The van der Waals surface area contributed by atoms with E-state index in [1.165, 1.54) is 109 Å². The average molecular weight is 820 g/mol. The molecule has 0 aliphatic rings. The lowest BCUT2D eigenvalue weighted by Crippen LogP contribution is -2.29. The van der Waals surface area contributed by atoms with E-state index in [4.69, 9.17) is 9.47 Å². The van der Waals surface area contributed by atoms with E-state index in [0.717, 1.165) is 122 Å². The lowest BCUT2D eigenvalue weighted by atomic mass is 10.0. The van der Waals surface area contributed by atoms with E-state index < -0.39 is 5.91 Å². The molecule has 0 saturated heterocycles. The molecule has 0 aliphatic carbocycles. The molecule has 0 bridgehead atoms. The fourth-order valence-corrected chi connectivity index (χ4v) is 7.48. The van der Waals surface area contributed by atoms with Gasteiger partial charge in [-0.15, -0.1) is 0 Å². The smallest absolute Gasteiger partial charge is 0.306 e. The summed E-state index contributed by atoms with van der Waals surface area (Å²) in [6.45, 7) is 11.2. The largest absolute Gasteiger partial charge is 0.466 e. The van der Waals surface area contributed by atoms with Gasteiger partial charge in [-0.1, -0.05) is 156 Å². The second-order valence-corrected chi connectivity index (χ2v) is 16.9. The van der Waals surface area contributed by atoms with Crippen LogP contribution in [0.15, 0.2) is 12.3 Å². The number of rotatable bonds is 45. The molecule has 0 radical (unpaired) electrons. The van der Waals surface area contributed by atoms with Crippen molar-refractivity contribution in [1.29, 1.82) is 0 Å². The number of ether oxygens (including phenoxy) is 2. The van der Waals surface area contributed by atoms with Crippen LogP contribution in [0.4, 0.5) is 0 Å². The monoisotopic (exact) mass is 820 g/mol. The van der Waals surface area contributed by atoms with Crippen LogP contribution in [0, 0.1) is 0 Å². The number of carbonyl (C=O) groups excluding carboxylic acids is 4. The standard InChI is InChI=1S/C49H93N3O6/c1-5-8-11-14-19-26-34-46(35-27-20-15-12-9-6-2)58-49(56)37-29-22-18-24-31-41-52(42-33-39-51(4)43-38-47(54)50-45-53)40-30-23-17-21-28-36-48(55)57-44-32-25-16-13-10-7-3/h38,43,45-46H,5-37,39-42,44H2,1-4H3,(H,50,53,54)/b43-38-. The quantitative estimate of drug-likeness (QED) is 0.0280. The topological polar surface area (TPSA) is 105 Å². The van der Waals surface area contributed by atoms with Crippen molar-refractivity contribution in [3.63, 3.8) is 0 Å². The van der Waals surface area contributed by atoms with Gasteiger partial charge in [-0.25, -0.2) is 0 Å². The van der Waals surface area contributed by atoms with E-state index >= 15 is 0 Å².